The maximum atomic E-state index is 3.75. The molecule has 2 aliphatic rings. The average Bonchev–Trinajstić information content (AvgIpc) is 2.18. The van der Waals surface area contributed by atoms with Gasteiger partial charge in [-0.05, 0) is 50.0 Å². The molecule has 1 fully saturated rings. The standard InChI is InChI=1S/C13H23N/c1-13(2)9-8-12(13)14-10-11-6-4-3-5-7-11/h3-4,11-12,14H,5-10H2,1-2H3. The highest BCUT2D eigenvalue weighted by Crippen LogP contribution is 2.40. The Morgan fingerprint density at radius 3 is 2.64 bits per heavy atom. The molecule has 0 saturated heterocycles. The second kappa shape index (κ2) is 4.06. The summed E-state index contributed by atoms with van der Waals surface area (Å²) in [6.45, 7) is 6.00. The molecule has 2 rings (SSSR count). The molecule has 1 heteroatoms. The van der Waals surface area contributed by atoms with Crippen LogP contribution in [0.1, 0.15) is 46.0 Å². The minimum atomic E-state index is 0.560. The van der Waals surface area contributed by atoms with E-state index in [-0.39, 0.29) is 0 Å². The van der Waals surface area contributed by atoms with Crippen molar-refractivity contribution in [2.75, 3.05) is 6.54 Å². The Morgan fingerprint density at radius 2 is 2.14 bits per heavy atom. The molecular weight excluding hydrogens is 170 g/mol. The Kier molecular flexibility index (Phi) is 2.96. The quantitative estimate of drug-likeness (QED) is 0.679. The Labute approximate surface area is 88.0 Å². The topological polar surface area (TPSA) is 12.0 Å². The number of hydrogen-bond acceptors (Lipinski definition) is 1. The van der Waals surface area contributed by atoms with E-state index in [1.54, 1.807) is 0 Å². The molecule has 1 saturated carbocycles. The fraction of sp³-hybridized carbons (Fsp3) is 0.846. The van der Waals surface area contributed by atoms with Gasteiger partial charge in [-0.1, -0.05) is 26.0 Å². The summed E-state index contributed by atoms with van der Waals surface area (Å²) < 4.78 is 0. The summed E-state index contributed by atoms with van der Waals surface area (Å²) >= 11 is 0. The van der Waals surface area contributed by atoms with E-state index in [0.29, 0.717) is 5.41 Å². The summed E-state index contributed by atoms with van der Waals surface area (Å²) in [5.74, 6) is 0.899. The zero-order chi connectivity index (χ0) is 10.0. The first-order valence-electron chi connectivity index (χ1n) is 6.07. The van der Waals surface area contributed by atoms with Crippen molar-refractivity contribution < 1.29 is 0 Å². The van der Waals surface area contributed by atoms with Gasteiger partial charge in [0.2, 0.25) is 0 Å². The lowest BCUT2D eigenvalue weighted by Crippen LogP contribution is -2.51. The zero-order valence-electron chi connectivity index (χ0n) is 9.55. The maximum absolute atomic E-state index is 3.75. The largest absolute Gasteiger partial charge is 0.313 e. The van der Waals surface area contributed by atoms with Crippen molar-refractivity contribution in [2.24, 2.45) is 11.3 Å². The van der Waals surface area contributed by atoms with Crippen LogP contribution in [0.15, 0.2) is 12.2 Å². The molecule has 0 aliphatic heterocycles. The highest BCUT2D eigenvalue weighted by Gasteiger charge is 2.37. The monoisotopic (exact) mass is 193 g/mol. The molecule has 0 aromatic heterocycles. The normalized spacial score (nSPS) is 35.3. The van der Waals surface area contributed by atoms with Crippen LogP contribution >= 0.6 is 0 Å². The van der Waals surface area contributed by atoms with Crippen molar-refractivity contribution in [1.29, 1.82) is 0 Å². The molecule has 0 heterocycles. The van der Waals surface area contributed by atoms with Crippen LogP contribution in [0.5, 0.6) is 0 Å². The summed E-state index contributed by atoms with van der Waals surface area (Å²) in [5.41, 5.74) is 0.560. The van der Waals surface area contributed by atoms with E-state index >= 15 is 0 Å². The third-order valence-electron chi connectivity index (χ3n) is 4.05. The summed E-state index contributed by atoms with van der Waals surface area (Å²) in [7, 11) is 0. The van der Waals surface area contributed by atoms with Crippen LogP contribution in [0.25, 0.3) is 0 Å². The summed E-state index contributed by atoms with van der Waals surface area (Å²) in [6.07, 6.45) is 11.4. The van der Waals surface area contributed by atoms with Crippen molar-refractivity contribution in [3.8, 4) is 0 Å². The van der Waals surface area contributed by atoms with Gasteiger partial charge in [-0.2, -0.15) is 0 Å². The fourth-order valence-corrected chi connectivity index (χ4v) is 2.60. The average molecular weight is 193 g/mol. The van der Waals surface area contributed by atoms with E-state index in [4.69, 9.17) is 0 Å². The van der Waals surface area contributed by atoms with Gasteiger partial charge in [0.25, 0.3) is 0 Å². The van der Waals surface area contributed by atoms with Crippen LogP contribution in [0, 0.1) is 11.3 Å². The number of rotatable bonds is 3. The summed E-state index contributed by atoms with van der Waals surface area (Å²) in [4.78, 5) is 0. The summed E-state index contributed by atoms with van der Waals surface area (Å²) in [6, 6.07) is 0.786. The lowest BCUT2D eigenvalue weighted by molar-refractivity contribution is 0.104. The van der Waals surface area contributed by atoms with Crippen molar-refractivity contribution in [1.82, 2.24) is 5.32 Å². The fourth-order valence-electron chi connectivity index (χ4n) is 2.60. The molecule has 0 bridgehead atoms. The Bertz CT molecular complexity index is 217. The SMILES string of the molecule is CC1(C)CCC1NCC1CC=CCC1. The summed E-state index contributed by atoms with van der Waals surface area (Å²) in [5, 5.41) is 3.75. The molecule has 14 heavy (non-hydrogen) atoms. The molecule has 0 aromatic rings. The lowest BCUT2D eigenvalue weighted by atomic mass is 9.67. The van der Waals surface area contributed by atoms with Gasteiger partial charge in [0.05, 0.1) is 0 Å². The van der Waals surface area contributed by atoms with E-state index in [0.717, 1.165) is 12.0 Å². The minimum absolute atomic E-state index is 0.560. The van der Waals surface area contributed by atoms with Crippen LogP contribution in [0.3, 0.4) is 0 Å². The highest BCUT2D eigenvalue weighted by molar-refractivity contribution is 4.96. The highest BCUT2D eigenvalue weighted by atomic mass is 15.0. The first-order chi connectivity index (χ1) is 6.68. The van der Waals surface area contributed by atoms with Crippen molar-refractivity contribution in [3.05, 3.63) is 12.2 Å². The molecule has 0 spiro atoms. The lowest BCUT2D eigenvalue weighted by Gasteiger charge is -2.45. The molecule has 80 valence electrons. The van der Waals surface area contributed by atoms with Crippen molar-refractivity contribution in [2.45, 2.75) is 52.0 Å². The van der Waals surface area contributed by atoms with Gasteiger partial charge in [0.1, 0.15) is 0 Å². The molecule has 2 unspecified atom stereocenters. The predicted molar refractivity (Wildman–Crippen MR) is 61.3 cm³/mol. The van der Waals surface area contributed by atoms with Gasteiger partial charge in [0.15, 0.2) is 0 Å². The van der Waals surface area contributed by atoms with Crippen LogP contribution in [-0.4, -0.2) is 12.6 Å². The van der Waals surface area contributed by atoms with Crippen molar-refractivity contribution >= 4 is 0 Å². The van der Waals surface area contributed by atoms with Gasteiger partial charge in [-0.25, -0.2) is 0 Å². The third-order valence-corrected chi connectivity index (χ3v) is 4.05. The van der Waals surface area contributed by atoms with E-state index in [1.807, 2.05) is 0 Å². The number of nitrogens with one attached hydrogen (secondary N) is 1. The van der Waals surface area contributed by atoms with E-state index in [9.17, 15) is 0 Å². The van der Waals surface area contributed by atoms with Gasteiger partial charge in [-0.15, -0.1) is 0 Å². The number of hydrogen-bond donors (Lipinski definition) is 1. The molecule has 1 nitrogen and oxygen atoms in total. The Hall–Kier alpha value is -0.300. The smallest absolute Gasteiger partial charge is 0.0119 e. The molecule has 2 aliphatic carbocycles. The first-order valence-corrected chi connectivity index (χ1v) is 6.07. The van der Waals surface area contributed by atoms with Gasteiger partial charge >= 0.3 is 0 Å². The Morgan fingerprint density at radius 1 is 1.29 bits per heavy atom. The zero-order valence-corrected chi connectivity index (χ0v) is 9.55. The second-order valence-corrected chi connectivity index (χ2v) is 5.64. The molecule has 0 aromatic carbocycles. The van der Waals surface area contributed by atoms with E-state index < -0.39 is 0 Å². The maximum Gasteiger partial charge on any atom is 0.0119 e. The van der Waals surface area contributed by atoms with E-state index in [2.05, 4.69) is 31.3 Å². The molecule has 0 amide bonds. The Balaban J connectivity index is 1.69. The van der Waals surface area contributed by atoms with Crippen LogP contribution in [0.2, 0.25) is 0 Å². The van der Waals surface area contributed by atoms with E-state index in [1.165, 1.54) is 38.6 Å². The second-order valence-electron chi connectivity index (χ2n) is 5.64. The molecule has 1 N–H and O–H groups in total. The minimum Gasteiger partial charge on any atom is -0.313 e. The van der Waals surface area contributed by atoms with Crippen molar-refractivity contribution in [3.63, 3.8) is 0 Å². The van der Waals surface area contributed by atoms with Crippen LogP contribution < -0.4 is 5.32 Å². The van der Waals surface area contributed by atoms with Gasteiger partial charge in [-0.3, -0.25) is 0 Å². The van der Waals surface area contributed by atoms with Crippen LogP contribution in [-0.2, 0) is 0 Å². The predicted octanol–water partition coefficient (Wildman–Crippen LogP) is 3.12. The molecular formula is C13H23N. The molecule has 0 radical (unpaired) electrons. The number of allylic oxidation sites excluding steroid dienone is 2. The molecule has 2 atom stereocenters. The van der Waals surface area contributed by atoms with Gasteiger partial charge in [0, 0.05) is 6.04 Å². The van der Waals surface area contributed by atoms with Gasteiger partial charge < -0.3 is 5.32 Å². The third kappa shape index (κ3) is 2.20. The first kappa shape index (κ1) is 10.2. The van der Waals surface area contributed by atoms with Crippen LogP contribution in [0.4, 0.5) is 0 Å².